The van der Waals surface area contributed by atoms with Crippen LogP contribution in [0.3, 0.4) is 0 Å². The fourth-order valence-corrected chi connectivity index (χ4v) is 3.79. The van der Waals surface area contributed by atoms with Gasteiger partial charge < -0.3 is 5.32 Å². The Morgan fingerprint density at radius 3 is 2.71 bits per heavy atom. The number of ketones is 1. The SMILES string of the molecule is CCc1ccc(C2C3=C(CC(C)(C)CC3=O)Nc3ncnn32)cc1. The van der Waals surface area contributed by atoms with Gasteiger partial charge in [-0.3, -0.25) is 4.79 Å². The molecule has 2 aliphatic rings. The molecule has 2 heterocycles. The van der Waals surface area contributed by atoms with Crippen molar-refractivity contribution in [2.24, 2.45) is 5.41 Å². The second kappa shape index (κ2) is 5.30. The lowest BCUT2D eigenvalue weighted by Gasteiger charge is -2.38. The number of allylic oxidation sites excluding steroid dienone is 2. The van der Waals surface area contributed by atoms with Gasteiger partial charge in [-0.25, -0.2) is 4.68 Å². The number of hydrogen-bond acceptors (Lipinski definition) is 4. The fraction of sp³-hybridized carbons (Fsp3) is 0.421. The molecule has 1 aromatic heterocycles. The van der Waals surface area contributed by atoms with Crippen molar-refractivity contribution in [3.63, 3.8) is 0 Å². The van der Waals surface area contributed by atoms with Gasteiger partial charge >= 0.3 is 0 Å². The molecule has 1 aliphatic carbocycles. The molecule has 24 heavy (non-hydrogen) atoms. The summed E-state index contributed by atoms with van der Waals surface area (Å²) in [6, 6.07) is 8.29. The summed E-state index contributed by atoms with van der Waals surface area (Å²) in [5, 5.41) is 7.71. The van der Waals surface area contributed by atoms with Gasteiger partial charge in [0.1, 0.15) is 12.4 Å². The number of hydrogen-bond donors (Lipinski definition) is 1. The van der Waals surface area contributed by atoms with Crippen LogP contribution >= 0.6 is 0 Å². The van der Waals surface area contributed by atoms with E-state index in [1.807, 2.05) is 4.68 Å². The van der Waals surface area contributed by atoms with Crippen molar-refractivity contribution >= 4 is 11.7 Å². The first-order chi connectivity index (χ1) is 11.5. The largest absolute Gasteiger partial charge is 0.328 e. The fourth-order valence-electron chi connectivity index (χ4n) is 3.79. The molecule has 0 saturated heterocycles. The number of anilines is 1. The van der Waals surface area contributed by atoms with Crippen molar-refractivity contribution < 1.29 is 4.79 Å². The van der Waals surface area contributed by atoms with Gasteiger partial charge in [0.25, 0.3) is 0 Å². The molecule has 5 nitrogen and oxygen atoms in total. The molecule has 1 unspecified atom stereocenters. The zero-order valence-corrected chi connectivity index (χ0v) is 14.3. The average molecular weight is 322 g/mol. The number of carbonyl (C=O) groups is 1. The minimum Gasteiger partial charge on any atom is -0.328 e. The minimum atomic E-state index is -0.187. The van der Waals surface area contributed by atoms with E-state index in [-0.39, 0.29) is 17.2 Å². The summed E-state index contributed by atoms with van der Waals surface area (Å²) in [7, 11) is 0. The van der Waals surface area contributed by atoms with E-state index in [9.17, 15) is 4.79 Å². The summed E-state index contributed by atoms with van der Waals surface area (Å²) in [5.41, 5.74) is 4.19. The van der Waals surface area contributed by atoms with Crippen LogP contribution in [-0.4, -0.2) is 20.5 Å². The number of Topliss-reactive ketones (excluding diaryl/α,β-unsaturated/α-hetero) is 1. The number of nitrogens with one attached hydrogen (secondary N) is 1. The van der Waals surface area contributed by atoms with Crippen molar-refractivity contribution in [1.29, 1.82) is 0 Å². The average Bonchev–Trinajstić information content (AvgIpc) is 3.00. The van der Waals surface area contributed by atoms with Crippen LogP contribution in [0.1, 0.15) is 50.8 Å². The minimum absolute atomic E-state index is 0.0261. The zero-order valence-electron chi connectivity index (χ0n) is 14.3. The molecule has 0 bridgehead atoms. The van der Waals surface area contributed by atoms with Gasteiger partial charge in [0.05, 0.1) is 0 Å². The van der Waals surface area contributed by atoms with E-state index in [0.717, 1.165) is 29.7 Å². The Morgan fingerprint density at radius 2 is 2.00 bits per heavy atom. The lowest BCUT2D eigenvalue weighted by molar-refractivity contribution is -0.118. The van der Waals surface area contributed by atoms with Crippen LogP contribution in [0.5, 0.6) is 0 Å². The van der Waals surface area contributed by atoms with E-state index in [0.29, 0.717) is 12.4 Å². The van der Waals surface area contributed by atoms with E-state index in [1.54, 1.807) is 6.33 Å². The molecule has 0 fully saturated rings. The summed E-state index contributed by atoms with van der Waals surface area (Å²) in [5.74, 6) is 0.920. The first-order valence-corrected chi connectivity index (χ1v) is 8.50. The Morgan fingerprint density at radius 1 is 1.25 bits per heavy atom. The molecule has 1 aliphatic heterocycles. The Kier molecular flexibility index (Phi) is 3.34. The second-order valence-corrected chi connectivity index (χ2v) is 7.48. The summed E-state index contributed by atoms with van der Waals surface area (Å²) in [6.45, 7) is 6.42. The van der Waals surface area contributed by atoms with Gasteiger partial charge in [-0.1, -0.05) is 45.0 Å². The molecule has 124 valence electrons. The van der Waals surface area contributed by atoms with Crippen LogP contribution in [0, 0.1) is 5.41 Å². The summed E-state index contributed by atoms with van der Waals surface area (Å²) in [4.78, 5) is 17.2. The van der Waals surface area contributed by atoms with Crippen molar-refractivity contribution in [2.45, 2.75) is 46.1 Å². The van der Waals surface area contributed by atoms with Gasteiger partial charge in [-0.2, -0.15) is 10.1 Å². The summed E-state index contributed by atoms with van der Waals surface area (Å²) in [6.07, 6.45) is 3.97. The summed E-state index contributed by atoms with van der Waals surface area (Å²) < 4.78 is 1.83. The quantitative estimate of drug-likeness (QED) is 0.919. The molecule has 2 aromatic rings. The van der Waals surface area contributed by atoms with E-state index in [1.165, 1.54) is 5.56 Å². The molecule has 5 heteroatoms. The molecule has 1 aromatic carbocycles. The van der Waals surface area contributed by atoms with Gasteiger partial charge in [-0.05, 0) is 29.4 Å². The molecular weight excluding hydrogens is 300 g/mol. The number of aromatic nitrogens is 3. The van der Waals surface area contributed by atoms with Crippen LogP contribution in [0.4, 0.5) is 5.95 Å². The van der Waals surface area contributed by atoms with Crippen molar-refractivity contribution in [2.75, 3.05) is 5.32 Å². The Bertz CT molecular complexity index is 829. The first kappa shape index (κ1) is 15.1. The number of benzene rings is 1. The lowest BCUT2D eigenvalue weighted by Crippen LogP contribution is -2.36. The highest BCUT2D eigenvalue weighted by atomic mass is 16.1. The van der Waals surface area contributed by atoms with Crippen LogP contribution in [0.2, 0.25) is 0 Å². The number of nitrogens with zero attached hydrogens (tertiary/aromatic N) is 3. The third kappa shape index (κ3) is 2.35. The smallest absolute Gasteiger partial charge is 0.226 e. The standard InChI is InChI=1S/C19H22N4O/c1-4-12-5-7-13(8-6-12)17-16-14(9-19(2,3)10-15(16)24)22-18-20-11-21-23(17)18/h5-8,11,17H,4,9-10H2,1-3H3,(H,20,21,22). The predicted octanol–water partition coefficient (Wildman–Crippen LogP) is 3.50. The normalized spacial score (nSPS) is 22.0. The molecule has 0 radical (unpaired) electrons. The van der Waals surface area contributed by atoms with Crippen LogP contribution in [0.15, 0.2) is 41.9 Å². The molecule has 4 rings (SSSR count). The topological polar surface area (TPSA) is 59.8 Å². The molecule has 0 spiro atoms. The highest BCUT2D eigenvalue weighted by Gasteiger charge is 2.41. The maximum Gasteiger partial charge on any atom is 0.226 e. The Balaban J connectivity index is 1.86. The number of rotatable bonds is 2. The second-order valence-electron chi connectivity index (χ2n) is 7.48. The van der Waals surface area contributed by atoms with Crippen molar-refractivity contribution in [1.82, 2.24) is 14.8 Å². The van der Waals surface area contributed by atoms with Crippen LogP contribution in [-0.2, 0) is 11.2 Å². The Hall–Kier alpha value is -2.43. The van der Waals surface area contributed by atoms with Crippen LogP contribution < -0.4 is 5.32 Å². The van der Waals surface area contributed by atoms with Gasteiger partial charge in [0.2, 0.25) is 5.95 Å². The van der Waals surface area contributed by atoms with E-state index < -0.39 is 0 Å². The maximum absolute atomic E-state index is 12.9. The third-order valence-electron chi connectivity index (χ3n) is 4.98. The lowest BCUT2D eigenvalue weighted by atomic mass is 9.73. The predicted molar refractivity (Wildman–Crippen MR) is 92.7 cm³/mol. The van der Waals surface area contributed by atoms with Gasteiger partial charge in [-0.15, -0.1) is 0 Å². The highest BCUT2D eigenvalue weighted by Crippen LogP contribution is 2.45. The third-order valence-corrected chi connectivity index (χ3v) is 4.98. The molecule has 0 saturated carbocycles. The van der Waals surface area contributed by atoms with E-state index >= 15 is 0 Å². The van der Waals surface area contributed by atoms with Crippen molar-refractivity contribution in [3.05, 3.63) is 53.0 Å². The van der Waals surface area contributed by atoms with E-state index in [2.05, 4.69) is 60.4 Å². The number of carbonyl (C=O) groups excluding carboxylic acids is 1. The Labute approximate surface area is 141 Å². The molecule has 0 amide bonds. The number of aryl methyl sites for hydroxylation is 1. The van der Waals surface area contributed by atoms with E-state index in [4.69, 9.17) is 0 Å². The monoisotopic (exact) mass is 322 g/mol. The van der Waals surface area contributed by atoms with Gasteiger partial charge in [0, 0.05) is 17.7 Å². The van der Waals surface area contributed by atoms with Crippen molar-refractivity contribution in [3.8, 4) is 0 Å². The highest BCUT2D eigenvalue weighted by molar-refractivity contribution is 6.00. The first-order valence-electron chi connectivity index (χ1n) is 8.50. The molecule has 1 atom stereocenters. The molecular formula is C19H22N4O. The van der Waals surface area contributed by atoms with Crippen LogP contribution in [0.25, 0.3) is 0 Å². The van der Waals surface area contributed by atoms with Gasteiger partial charge in [0.15, 0.2) is 5.78 Å². The zero-order chi connectivity index (χ0) is 16.9. The number of fused-ring (bicyclic) bond motifs is 1. The maximum atomic E-state index is 12.9. The summed E-state index contributed by atoms with van der Waals surface area (Å²) >= 11 is 0. The molecule has 1 N–H and O–H groups in total.